The van der Waals surface area contributed by atoms with E-state index in [-0.39, 0.29) is 0 Å². The van der Waals surface area contributed by atoms with Gasteiger partial charge in [0.15, 0.2) is 0 Å². The molecule has 2 heteroatoms. The van der Waals surface area contributed by atoms with Crippen molar-refractivity contribution in [2.24, 2.45) is 0 Å². The Morgan fingerprint density at radius 2 is 2.22 bits per heavy atom. The molecule has 1 aromatic carbocycles. The Labute approximate surface area is 108 Å². The summed E-state index contributed by atoms with van der Waals surface area (Å²) < 4.78 is 2.28. The number of benzene rings is 1. The van der Waals surface area contributed by atoms with Gasteiger partial charge in [-0.2, -0.15) is 0 Å². The summed E-state index contributed by atoms with van der Waals surface area (Å²) in [4.78, 5) is 0. The number of nitrogens with zero attached hydrogens (tertiary/aromatic N) is 1. The Morgan fingerprint density at radius 1 is 1.39 bits per heavy atom. The van der Waals surface area contributed by atoms with Gasteiger partial charge in [0.25, 0.3) is 0 Å². The van der Waals surface area contributed by atoms with Crippen molar-refractivity contribution in [2.45, 2.75) is 38.9 Å². The van der Waals surface area contributed by atoms with Gasteiger partial charge in [0.05, 0.1) is 0 Å². The lowest BCUT2D eigenvalue weighted by Gasteiger charge is -2.07. The van der Waals surface area contributed by atoms with Gasteiger partial charge in [0.1, 0.15) is 0 Å². The SMILES string of the molecule is C=C(C)Cn1ccc2ccc(CNC3CC3)cc21. The van der Waals surface area contributed by atoms with E-state index >= 15 is 0 Å². The average Bonchev–Trinajstić information content (AvgIpc) is 3.10. The molecule has 0 radical (unpaired) electrons. The van der Waals surface area contributed by atoms with Crippen LogP contribution in [0.2, 0.25) is 0 Å². The fourth-order valence-electron chi connectivity index (χ4n) is 2.32. The van der Waals surface area contributed by atoms with E-state index in [9.17, 15) is 0 Å². The molecule has 0 unspecified atom stereocenters. The van der Waals surface area contributed by atoms with Crippen LogP contribution in [0, 0.1) is 0 Å². The molecule has 3 rings (SSSR count). The molecule has 1 N–H and O–H groups in total. The summed E-state index contributed by atoms with van der Waals surface area (Å²) in [5.74, 6) is 0. The lowest BCUT2D eigenvalue weighted by molar-refractivity contribution is 0.688. The summed E-state index contributed by atoms with van der Waals surface area (Å²) in [6, 6.07) is 9.68. The van der Waals surface area contributed by atoms with Crippen LogP contribution in [0.15, 0.2) is 42.6 Å². The number of allylic oxidation sites excluding steroid dienone is 1. The van der Waals surface area contributed by atoms with Crippen LogP contribution in [0.4, 0.5) is 0 Å². The number of aromatic nitrogens is 1. The highest BCUT2D eigenvalue weighted by atomic mass is 15.0. The fraction of sp³-hybridized carbons (Fsp3) is 0.375. The van der Waals surface area contributed by atoms with E-state index in [0.29, 0.717) is 0 Å². The summed E-state index contributed by atoms with van der Waals surface area (Å²) in [7, 11) is 0. The Hall–Kier alpha value is -1.54. The van der Waals surface area contributed by atoms with Crippen LogP contribution in [0.3, 0.4) is 0 Å². The maximum absolute atomic E-state index is 3.99. The molecule has 2 nitrogen and oxygen atoms in total. The van der Waals surface area contributed by atoms with E-state index in [1.807, 2.05) is 0 Å². The highest BCUT2D eigenvalue weighted by Gasteiger charge is 2.19. The van der Waals surface area contributed by atoms with Gasteiger partial charge >= 0.3 is 0 Å². The van der Waals surface area contributed by atoms with Crippen LogP contribution in [0.25, 0.3) is 10.9 Å². The molecule has 1 aromatic heterocycles. The summed E-state index contributed by atoms with van der Waals surface area (Å²) in [5, 5.41) is 4.87. The molecule has 1 fully saturated rings. The highest BCUT2D eigenvalue weighted by molar-refractivity contribution is 5.80. The van der Waals surface area contributed by atoms with Crippen molar-refractivity contribution in [3.05, 3.63) is 48.2 Å². The molecule has 1 aliphatic carbocycles. The van der Waals surface area contributed by atoms with Crippen molar-refractivity contribution in [1.29, 1.82) is 0 Å². The molecule has 1 heterocycles. The standard InChI is InChI=1S/C16H20N2/c1-12(2)11-18-8-7-14-4-3-13(9-16(14)18)10-17-15-5-6-15/h3-4,7-9,15,17H,1,5-6,10-11H2,2H3. The van der Waals surface area contributed by atoms with Crippen LogP contribution in [-0.4, -0.2) is 10.6 Å². The Morgan fingerprint density at radius 3 is 2.94 bits per heavy atom. The van der Waals surface area contributed by atoms with E-state index in [4.69, 9.17) is 0 Å². The molecule has 0 atom stereocenters. The Bertz CT molecular complexity index is 576. The van der Waals surface area contributed by atoms with Gasteiger partial charge in [-0.15, -0.1) is 0 Å². The predicted molar refractivity (Wildman–Crippen MR) is 76.6 cm³/mol. The zero-order chi connectivity index (χ0) is 12.5. The van der Waals surface area contributed by atoms with Gasteiger partial charge in [0, 0.05) is 30.8 Å². The van der Waals surface area contributed by atoms with E-state index in [0.717, 1.165) is 19.1 Å². The van der Waals surface area contributed by atoms with Gasteiger partial charge in [0.2, 0.25) is 0 Å². The molecule has 2 aromatic rings. The number of fused-ring (bicyclic) bond motifs is 1. The van der Waals surface area contributed by atoms with Crippen molar-refractivity contribution in [1.82, 2.24) is 9.88 Å². The molecule has 0 spiro atoms. The third-order valence-electron chi connectivity index (χ3n) is 3.45. The molecule has 94 valence electrons. The molecule has 0 saturated heterocycles. The third kappa shape index (κ3) is 2.49. The summed E-state index contributed by atoms with van der Waals surface area (Å²) >= 11 is 0. The topological polar surface area (TPSA) is 17.0 Å². The lowest BCUT2D eigenvalue weighted by atomic mass is 10.1. The van der Waals surface area contributed by atoms with Crippen LogP contribution >= 0.6 is 0 Å². The molecule has 1 saturated carbocycles. The monoisotopic (exact) mass is 240 g/mol. The van der Waals surface area contributed by atoms with Gasteiger partial charge < -0.3 is 9.88 Å². The zero-order valence-corrected chi connectivity index (χ0v) is 10.9. The van der Waals surface area contributed by atoms with Crippen LogP contribution in [0.5, 0.6) is 0 Å². The second-order valence-corrected chi connectivity index (χ2v) is 5.45. The first-order chi connectivity index (χ1) is 8.72. The second-order valence-electron chi connectivity index (χ2n) is 5.45. The van der Waals surface area contributed by atoms with Crippen LogP contribution in [-0.2, 0) is 13.1 Å². The Balaban J connectivity index is 1.85. The largest absolute Gasteiger partial charge is 0.343 e. The molecule has 0 aliphatic heterocycles. The molecule has 1 aliphatic rings. The third-order valence-corrected chi connectivity index (χ3v) is 3.45. The average molecular weight is 240 g/mol. The minimum atomic E-state index is 0.767. The number of hydrogen-bond donors (Lipinski definition) is 1. The molecule has 18 heavy (non-hydrogen) atoms. The number of nitrogens with one attached hydrogen (secondary N) is 1. The second kappa shape index (κ2) is 4.62. The van der Waals surface area contributed by atoms with Gasteiger partial charge in [-0.3, -0.25) is 0 Å². The van der Waals surface area contributed by atoms with E-state index in [1.54, 1.807) is 0 Å². The highest BCUT2D eigenvalue weighted by Crippen LogP contribution is 2.21. The first-order valence-electron chi connectivity index (χ1n) is 6.68. The Kier molecular flexibility index (Phi) is 2.96. The van der Waals surface area contributed by atoms with Crippen LogP contribution < -0.4 is 5.32 Å². The van der Waals surface area contributed by atoms with Gasteiger partial charge in [-0.25, -0.2) is 0 Å². The summed E-state index contributed by atoms with van der Waals surface area (Å²) in [6.07, 6.45) is 4.83. The van der Waals surface area contributed by atoms with Gasteiger partial charge in [-0.1, -0.05) is 24.3 Å². The molecular formula is C16H20N2. The molecular weight excluding hydrogens is 220 g/mol. The quantitative estimate of drug-likeness (QED) is 0.792. The van der Waals surface area contributed by atoms with Crippen molar-refractivity contribution in [3.63, 3.8) is 0 Å². The van der Waals surface area contributed by atoms with Crippen molar-refractivity contribution in [2.75, 3.05) is 0 Å². The van der Waals surface area contributed by atoms with E-state index < -0.39 is 0 Å². The van der Waals surface area contributed by atoms with Crippen LogP contribution in [0.1, 0.15) is 25.3 Å². The maximum Gasteiger partial charge on any atom is 0.0486 e. The van der Waals surface area contributed by atoms with Gasteiger partial charge in [-0.05, 0) is 42.8 Å². The number of rotatable bonds is 5. The lowest BCUT2D eigenvalue weighted by Crippen LogP contribution is -2.15. The smallest absolute Gasteiger partial charge is 0.0486 e. The van der Waals surface area contributed by atoms with Crippen molar-refractivity contribution >= 4 is 10.9 Å². The number of hydrogen-bond acceptors (Lipinski definition) is 1. The zero-order valence-electron chi connectivity index (χ0n) is 10.9. The summed E-state index contributed by atoms with van der Waals surface area (Å²) in [5.41, 5.74) is 3.87. The van der Waals surface area contributed by atoms with Crippen molar-refractivity contribution < 1.29 is 0 Å². The molecule has 0 bridgehead atoms. The molecule has 0 amide bonds. The maximum atomic E-state index is 3.99. The minimum Gasteiger partial charge on any atom is -0.343 e. The predicted octanol–water partition coefficient (Wildman–Crippen LogP) is 3.47. The fourth-order valence-corrected chi connectivity index (χ4v) is 2.32. The first-order valence-corrected chi connectivity index (χ1v) is 6.68. The van der Waals surface area contributed by atoms with E-state index in [1.165, 1.54) is 34.9 Å². The summed E-state index contributed by atoms with van der Waals surface area (Å²) in [6.45, 7) is 7.96. The normalized spacial score (nSPS) is 15.2. The van der Waals surface area contributed by atoms with E-state index in [2.05, 4.69) is 53.8 Å². The van der Waals surface area contributed by atoms with Crippen molar-refractivity contribution in [3.8, 4) is 0 Å². The first kappa shape index (κ1) is 11.5. The minimum absolute atomic E-state index is 0.767.